The molecule has 2 atom stereocenters. The number of thiophene rings is 1. The van der Waals surface area contributed by atoms with Crippen LogP contribution in [0, 0.1) is 11.8 Å². The van der Waals surface area contributed by atoms with E-state index in [0.717, 1.165) is 38.8 Å². The number of nitrogens with zero attached hydrogens (tertiary/aromatic N) is 3. The summed E-state index contributed by atoms with van der Waals surface area (Å²) in [5, 5.41) is 5.78. The van der Waals surface area contributed by atoms with E-state index in [-0.39, 0.29) is 0 Å². The zero-order chi connectivity index (χ0) is 17.5. The molecule has 2 unspecified atom stereocenters. The SMILES string of the molecule is CN=C(NCC1CCCN(Cc2cccs2)C1)N(C)CC1CCOC1. The molecule has 0 saturated carbocycles. The Bertz CT molecular complexity index is 528. The second-order valence-electron chi connectivity index (χ2n) is 7.36. The Kier molecular flexibility index (Phi) is 7.13. The molecule has 2 aliphatic rings. The predicted octanol–water partition coefficient (Wildman–Crippen LogP) is 2.50. The molecule has 0 radical (unpaired) electrons. The maximum atomic E-state index is 5.49. The second kappa shape index (κ2) is 9.55. The number of hydrogen-bond donors (Lipinski definition) is 1. The number of aliphatic imine (C=N–C) groups is 1. The van der Waals surface area contributed by atoms with Gasteiger partial charge in [0.2, 0.25) is 0 Å². The van der Waals surface area contributed by atoms with E-state index in [1.807, 2.05) is 18.4 Å². The van der Waals surface area contributed by atoms with Crippen molar-refractivity contribution in [2.24, 2.45) is 16.8 Å². The third-order valence-electron chi connectivity index (χ3n) is 5.24. The number of nitrogens with one attached hydrogen (secondary N) is 1. The van der Waals surface area contributed by atoms with Crippen molar-refractivity contribution in [1.29, 1.82) is 0 Å². The van der Waals surface area contributed by atoms with Crippen LogP contribution < -0.4 is 5.32 Å². The van der Waals surface area contributed by atoms with Crippen LogP contribution in [0.2, 0.25) is 0 Å². The highest BCUT2D eigenvalue weighted by molar-refractivity contribution is 7.09. The van der Waals surface area contributed by atoms with E-state index in [1.54, 1.807) is 0 Å². The summed E-state index contributed by atoms with van der Waals surface area (Å²) >= 11 is 1.87. The van der Waals surface area contributed by atoms with Crippen LogP contribution in [0.15, 0.2) is 22.5 Å². The first-order valence-corrected chi connectivity index (χ1v) is 10.4. The van der Waals surface area contributed by atoms with E-state index in [0.29, 0.717) is 11.8 Å². The Hall–Kier alpha value is -1.11. The molecule has 2 saturated heterocycles. The molecule has 5 nitrogen and oxygen atoms in total. The zero-order valence-electron chi connectivity index (χ0n) is 15.6. The molecule has 0 aliphatic carbocycles. The van der Waals surface area contributed by atoms with E-state index >= 15 is 0 Å². The molecule has 0 spiro atoms. The molecule has 1 aromatic rings. The maximum Gasteiger partial charge on any atom is 0.193 e. The molecule has 0 bridgehead atoms. The normalized spacial score (nSPS) is 25.3. The zero-order valence-corrected chi connectivity index (χ0v) is 16.4. The van der Waals surface area contributed by atoms with E-state index < -0.39 is 0 Å². The van der Waals surface area contributed by atoms with Crippen molar-refractivity contribution in [3.63, 3.8) is 0 Å². The summed E-state index contributed by atoms with van der Waals surface area (Å²) in [5.74, 6) is 2.36. The minimum atomic E-state index is 0.638. The molecule has 2 aliphatic heterocycles. The van der Waals surface area contributed by atoms with Gasteiger partial charge in [0.25, 0.3) is 0 Å². The van der Waals surface area contributed by atoms with Gasteiger partial charge in [-0.3, -0.25) is 9.89 Å². The van der Waals surface area contributed by atoms with Gasteiger partial charge in [-0.25, -0.2) is 0 Å². The van der Waals surface area contributed by atoms with Crippen LogP contribution in [0.5, 0.6) is 0 Å². The van der Waals surface area contributed by atoms with Crippen LogP contribution in [-0.2, 0) is 11.3 Å². The fraction of sp³-hybridized carbons (Fsp3) is 0.737. The van der Waals surface area contributed by atoms with Gasteiger partial charge in [-0.05, 0) is 43.2 Å². The summed E-state index contributed by atoms with van der Waals surface area (Å²) < 4.78 is 5.49. The molecule has 25 heavy (non-hydrogen) atoms. The highest BCUT2D eigenvalue weighted by atomic mass is 32.1. The van der Waals surface area contributed by atoms with E-state index in [9.17, 15) is 0 Å². The number of likely N-dealkylation sites (tertiary alicyclic amines) is 1. The first-order chi connectivity index (χ1) is 12.2. The Labute approximate surface area is 156 Å². The highest BCUT2D eigenvalue weighted by Gasteiger charge is 2.22. The summed E-state index contributed by atoms with van der Waals surface area (Å²) in [4.78, 5) is 10.8. The molecule has 140 valence electrons. The highest BCUT2D eigenvalue weighted by Crippen LogP contribution is 2.20. The fourth-order valence-corrected chi connectivity index (χ4v) is 4.65. The molecule has 3 heterocycles. The molecule has 0 aromatic carbocycles. The van der Waals surface area contributed by atoms with E-state index in [1.165, 1.54) is 37.2 Å². The second-order valence-corrected chi connectivity index (χ2v) is 8.39. The summed E-state index contributed by atoms with van der Waals surface area (Å²) in [6.07, 6.45) is 3.78. The van der Waals surface area contributed by atoms with Crippen molar-refractivity contribution in [1.82, 2.24) is 15.1 Å². The summed E-state index contributed by atoms with van der Waals surface area (Å²) in [5.41, 5.74) is 0. The third kappa shape index (κ3) is 5.69. The van der Waals surface area contributed by atoms with Crippen molar-refractivity contribution in [2.75, 3.05) is 53.5 Å². The number of guanidine groups is 1. The number of piperidine rings is 1. The van der Waals surface area contributed by atoms with Gasteiger partial charge in [0.1, 0.15) is 0 Å². The van der Waals surface area contributed by atoms with Crippen LogP contribution in [0.1, 0.15) is 24.1 Å². The van der Waals surface area contributed by atoms with Crippen LogP contribution in [0.4, 0.5) is 0 Å². The van der Waals surface area contributed by atoms with Crippen molar-refractivity contribution in [3.8, 4) is 0 Å². The van der Waals surface area contributed by atoms with Gasteiger partial charge in [0.05, 0.1) is 6.61 Å². The minimum absolute atomic E-state index is 0.638. The molecule has 1 aromatic heterocycles. The van der Waals surface area contributed by atoms with Crippen molar-refractivity contribution in [3.05, 3.63) is 22.4 Å². The summed E-state index contributed by atoms with van der Waals surface area (Å²) in [7, 11) is 4.02. The first-order valence-electron chi connectivity index (χ1n) is 9.49. The van der Waals surface area contributed by atoms with Crippen LogP contribution in [0.3, 0.4) is 0 Å². The Morgan fingerprint density at radius 3 is 3.08 bits per heavy atom. The number of rotatable bonds is 6. The minimum Gasteiger partial charge on any atom is -0.381 e. The van der Waals surface area contributed by atoms with Gasteiger partial charge in [-0.15, -0.1) is 11.3 Å². The van der Waals surface area contributed by atoms with Crippen LogP contribution >= 0.6 is 11.3 Å². The van der Waals surface area contributed by atoms with Gasteiger partial charge < -0.3 is 15.0 Å². The molecule has 3 rings (SSSR count). The Balaban J connectivity index is 1.42. The number of ether oxygens (including phenoxy) is 1. The van der Waals surface area contributed by atoms with Gasteiger partial charge >= 0.3 is 0 Å². The van der Waals surface area contributed by atoms with E-state index in [2.05, 4.69) is 44.7 Å². The Morgan fingerprint density at radius 1 is 1.44 bits per heavy atom. The summed E-state index contributed by atoms with van der Waals surface area (Å²) in [6, 6.07) is 4.40. The number of hydrogen-bond acceptors (Lipinski definition) is 4. The molecule has 6 heteroatoms. The average molecular weight is 365 g/mol. The van der Waals surface area contributed by atoms with Gasteiger partial charge in [-0.2, -0.15) is 0 Å². The predicted molar refractivity (Wildman–Crippen MR) is 105 cm³/mol. The van der Waals surface area contributed by atoms with Crippen LogP contribution in [-0.4, -0.2) is 69.2 Å². The lowest BCUT2D eigenvalue weighted by Gasteiger charge is -2.33. The van der Waals surface area contributed by atoms with Crippen molar-refractivity contribution < 1.29 is 4.74 Å². The fourth-order valence-electron chi connectivity index (χ4n) is 3.91. The smallest absolute Gasteiger partial charge is 0.193 e. The molecular weight excluding hydrogens is 332 g/mol. The van der Waals surface area contributed by atoms with Gasteiger partial charge in [0, 0.05) is 57.7 Å². The van der Waals surface area contributed by atoms with Gasteiger partial charge in [0.15, 0.2) is 5.96 Å². The van der Waals surface area contributed by atoms with Crippen molar-refractivity contribution in [2.45, 2.75) is 25.8 Å². The van der Waals surface area contributed by atoms with Crippen LogP contribution in [0.25, 0.3) is 0 Å². The lowest BCUT2D eigenvalue weighted by Crippen LogP contribution is -2.45. The van der Waals surface area contributed by atoms with E-state index in [4.69, 9.17) is 4.74 Å². The topological polar surface area (TPSA) is 40.1 Å². The first kappa shape index (κ1) is 18.7. The molecule has 0 amide bonds. The lowest BCUT2D eigenvalue weighted by molar-refractivity contribution is 0.168. The standard InChI is InChI=1S/C19H32N4OS/c1-20-19(22(2)12-17-7-9-24-15-17)21-11-16-5-3-8-23(13-16)14-18-6-4-10-25-18/h4,6,10,16-17H,3,5,7-9,11-15H2,1-2H3,(H,20,21). The summed E-state index contributed by atoms with van der Waals surface area (Å²) in [6.45, 7) is 7.35. The molecular formula is C19H32N4OS. The van der Waals surface area contributed by atoms with Gasteiger partial charge in [-0.1, -0.05) is 6.07 Å². The largest absolute Gasteiger partial charge is 0.381 e. The molecule has 1 N–H and O–H groups in total. The lowest BCUT2D eigenvalue weighted by atomic mass is 9.98. The molecule has 2 fully saturated rings. The van der Waals surface area contributed by atoms with Crippen molar-refractivity contribution >= 4 is 17.3 Å². The average Bonchev–Trinajstić information content (AvgIpc) is 3.30. The Morgan fingerprint density at radius 2 is 2.36 bits per heavy atom. The third-order valence-corrected chi connectivity index (χ3v) is 6.10. The quantitative estimate of drug-likeness (QED) is 0.622. The maximum absolute atomic E-state index is 5.49. The monoisotopic (exact) mass is 364 g/mol.